The molecule has 0 aliphatic carbocycles. The van der Waals surface area contributed by atoms with Crippen LogP contribution in [0.1, 0.15) is 0 Å². The van der Waals surface area contributed by atoms with Crippen molar-refractivity contribution in [1.29, 1.82) is 0 Å². The van der Waals surface area contributed by atoms with Crippen LogP contribution in [-0.4, -0.2) is 30.6 Å². The lowest BCUT2D eigenvalue weighted by Gasteiger charge is -2.06. The molecule has 2 aromatic rings. The molecule has 0 atom stereocenters. The molecule has 1 heterocycles. The highest BCUT2D eigenvalue weighted by Gasteiger charge is 1.97. The van der Waals surface area contributed by atoms with Crippen molar-refractivity contribution in [1.82, 2.24) is 4.98 Å². The third-order valence-corrected chi connectivity index (χ3v) is 2.48. The summed E-state index contributed by atoms with van der Waals surface area (Å²) in [5, 5.41) is 1.08. The highest BCUT2D eigenvalue weighted by molar-refractivity contribution is 7.80. The first-order valence-corrected chi connectivity index (χ1v) is 6.19. The quantitative estimate of drug-likeness (QED) is 0.630. The lowest BCUT2D eigenvalue weighted by molar-refractivity contribution is 0.112. The monoisotopic (exact) mass is 249 g/mol. The van der Waals surface area contributed by atoms with Crippen LogP contribution in [0.4, 0.5) is 0 Å². The topological polar surface area (TPSA) is 31.4 Å². The van der Waals surface area contributed by atoms with Gasteiger partial charge in [0, 0.05) is 11.1 Å². The highest BCUT2D eigenvalue weighted by atomic mass is 32.1. The summed E-state index contributed by atoms with van der Waals surface area (Å²) >= 11 is 4.06. The molecule has 0 N–H and O–H groups in total. The lowest BCUT2D eigenvalue weighted by Crippen LogP contribution is -2.08. The molecule has 0 saturated carbocycles. The molecule has 3 nitrogen and oxygen atoms in total. The molecule has 0 aliphatic heterocycles. The molecule has 17 heavy (non-hydrogen) atoms. The normalized spacial score (nSPS) is 10.6. The van der Waals surface area contributed by atoms with Gasteiger partial charge in [-0.05, 0) is 12.1 Å². The summed E-state index contributed by atoms with van der Waals surface area (Å²) in [5.74, 6) is 1.51. The van der Waals surface area contributed by atoms with Crippen molar-refractivity contribution in [3.63, 3.8) is 0 Å². The third kappa shape index (κ3) is 3.61. The second-order valence-electron chi connectivity index (χ2n) is 3.55. The predicted octanol–water partition coefficient (Wildman–Crippen LogP) is 2.56. The van der Waals surface area contributed by atoms with Gasteiger partial charge < -0.3 is 9.47 Å². The van der Waals surface area contributed by atoms with Crippen LogP contribution in [0.15, 0.2) is 36.5 Å². The summed E-state index contributed by atoms with van der Waals surface area (Å²) in [6, 6.07) is 9.95. The molecule has 0 bridgehead atoms. The number of nitrogens with zero attached hydrogens (tertiary/aromatic N) is 1. The van der Waals surface area contributed by atoms with Gasteiger partial charge >= 0.3 is 0 Å². The maximum Gasteiger partial charge on any atom is 0.138 e. The van der Waals surface area contributed by atoms with Gasteiger partial charge in [-0.15, -0.1) is 0 Å². The van der Waals surface area contributed by atoms with Crippen LogP contribution in [0.5, 0.6) is 5.75 Å². The van der Waals surface area contributed by atoms with Crippen LogP contribution in [0.2, 0.25) is 0 Å². The van der Waals surface area contributed by atoms with Crippen molar-refractivity contribution in [2.45, 2.75) is 0 Å². The van der Waals surface area contributed by atoms with E-state index in [4.69, 9.17) is 9.47 Å². The van der Waals surface area contributed by atoms with Crippen LogP contribution in [0.25, 0.3) is 10.9 Å². The molecular formula is C13H15NO2S. The van der Waals surface area contributed by atoms with Crippen LogP contribution in [-0.2, 0) is 4.74 Å². The molecule has 1 aromatic heterocycles. The fraction of sp³-hybridized carbons (Fsp3) is 0.308. The molecule has 0 saturated heterocycles. The van der Waals surface area contributed by atoms with Crippen LogP contribution in [0.3, 0.4) is 0 Å². The second kappa shape index (κ2) is 6.47. The Balaban J connectivity index is 1.90. The first kappa shape index (κ1) is 12.2. The van der Waals surface area contributed by atoms with Gasteiger partial charge in [-0.25, -0.2) is 0 Å². The number of fused-ring (bicyclic) bond motifs is 1. The summed E-state index contributed by atoms with van der Waals surface area (Å²) in [4.78, 5) is 4.32. The van der Waals surface area contributed by atoms with Crippen molar-refractivity contribution < 1.29 is 9.47 Å². The van der Waals surface area contributed by atoms with Gasteiger partial charge in [0.25, 0.3) is 0 Å². The van der Waals surface area contributed by atoms with E-state index in [9.17, 15) is 0 Å². The number of thiol groups is 1. The fourth-order valence-electron chi connectivity index (χ4n) is 1.51. The van der Waals surface area contributed by atoms with E-state index in [1.54, 1.807) is 6.20 Å². The van der Waals surface area contributed by atoms with Gasteiger partial charge in [-0.2, -0.15) is 12.6 Å². The minimum absolute atomic E-state index is 0.536. The van der Waals surface area contributed by atoms with Crippen LogP contribution >= 0.6 is 12.6 Å². The molecule has 4 heteroatoms. The number of ether oxygens (including phenoxy) is 2. The largest absolute Gasteiger partial charge is 0.490 e. The molecule has 0 fully saturated rings. The lowest BCUT2D eigenvalue weighted by atomic mass is 10.2. The first-order chi connectivity index (χ1) is 8.40. The number of hydrogen-bond donors (Lipinski definition) is 1. The smallest absolute Gasteiger partial charge is 0.138 e. The molecule has 0 radical (unpaired) electrons. The average Bonchev–Trinajstić information content (AvgIpc) is 2.38. The van der Waals surface area contributed by atoms with Gasteiger partial charge in [0.1, 0.15) is 12.4 Å². The van der Waals surface area contributed by atoms with E-state index in [1.807, 2.05) is 30.3 Å². The molecular weight excluding hydrogens is 234 g/mol. The van der Waals surface area contributed by atoms with E-state index < -0.39 is 0 Å². The van der Waals surface area contributed by atoms with E-state index in [1.165, 1.54) is 0 Å². The number of benzene rings is 1. The Morgan fingerprint density at radius 3 is 2.88 bits per heavy atom. The minimum atomic E-state index is 0.536. The summed E-state index contributed by atoms with van der Waals surface area (Å²) < 4.78 is 10.8. The standard InChI is InChI=1S/C13H15NO2S/c17-8-7-15-5-6-16-12-9-11-3-1-2-4-13(11)14-10-12/h1-4,9-10,17H,5-8H2. The van der Waals surface area contributed by atoms with E-state index in [0.29, 0.717) is 19.8 Å². The average molecular weight is 249 g/mol. The Morgan fingerprint density at radius 1 is 1.12 bits per heavy atom. The molecule has 2 rings (SSSR count). The fourth-order valence-corrected chi connectivity index (χ4v) is 1.64. The summed E-state index contributed by atoms with van der Waals surface area (Å²) in [7, 11) is 0. The zero-order valence-electron chi connectivity index (χ0n) is 9.50. The van der Waals surface area contributed by atoms with E-state index in [2.05, 4.69) is 17.6 Å². The predicted molar refractivity (Wildman–Crippen MR) is 71.9 cm³/mol. The number of para-hydroxylation sites is 1. The van der Waals surface area contributed by atoms with Crippen molar-refractivity contribution in [2.24, 2.45) is 0 Å². The summed E-state index contributed by atoms with van der Waals surface area (Å²) in [5.41, 5.74) is 0.978. The second-order valence-corrected chi connectivity index (χ2v) is 4.00. The SMILES string of the molecule is SCCOCCOc1cnc2ccccc2c1. The van der Waals surface area contributed by atoms with E-state index in [0.717, 1.165) is 22.4 Å². The zero-order valence-corrected chi connectivity index (χ0v) is 10.4. The Bertz CT molecular complexity index is 476. The number of aromatic nitrogens is 1. The third-order valence-electron chi connectivity index (χ3n) is 2.30. The van der Waals surface area contributed by atoms with Crippen molar-refractivity contribution in [3.8, 4) is 5.75 Å². The molecule has 0 spiro atoms. The van der Waals surface area contributed by atoms with Gasteiger partial charge in [-0.3, -0.25) is 4.98 Å². The number of pyridine rings is 1. The van der Waals surface area contributed by atoms with Gasteiger partial charge in [-0.1, -0.05) is 18.2 Å². The van der Waals surface area contributed by atoms with Crippen LogP contribution < -0.4 is 4.74 Å². The molecule has 1 aromatic carbocycles. The van der Waals surface area contributed by atoms with Crippen molar-refractivity contribution >= 4 is 23.5 Å². The Kier molecular flexibility index (Phi) is 4.64. The van der Waals surface area contributed by atoms with E-state index in [-0.39, 0.29) is 0 Å². The van der Waals surface area contributed by atoms with Crippen LogP contribution in [0, 0.1) is 0 Å². The van der Waals surface area contributed by atoms with Gasteiger partial charge in [0.05, 0.1) is 24.9 Å². The summed E-state index contributed by atoms with van der Waals surface area (Å²) in [6.45, 7) is 1.77. The van der Waals surface area contributed by atoms with Crippen molar-refractivity contribution in [3.05, 3.63) is 36.5 Å². The highest BCUT2D eigenvalue weighted by Crippen LogP contribution is 2.17. The Hall–Kier alpha value is -1.26. The zero-order chi connectivity index (χ0) is 11.9. The molecule has 0 unspecified atom stereocenters. The molecule has 90 valence electrons. The first-order valence-electron chi connectivity index (χ1n) is 5.56. The number of rotatable bonds is 6. The molecule has 0 amide bonds. The maximum atomic E-state index is 5.55. The van der Waals surface area contributed by atoms with Gasteiger partial charge in [0.15, 0.2) is 0 Å². The maximum absolute atomic E-state index is 5.55. The Morgan fingerprint density at radius 2 is 2.00 bits per heavy atom. The van der Waals surface area contributed by atoms with Gasteiger partial charge in [0.2, 0.25) is 0 Å². The molecule has 0 aliphatic rings. The minimum Gasteiger partial charge on any atom is -0.490 e. The Labute approximate surface area is 106 Å². The number of hydrogen-bond acceptors (Lipinski definition) is 4. The van der Waals surface area contributed by atoms with Crippen molar-refractivity contribution in [2.75, 3.05) is 25.6 Å². The summed E-state index contributed by atoms with van der Waals surface area (Å²) in [6.07, 6.45) is 1.74. The van der Waals surface area contributed by atoms with E-state index >= 15 is 0 Å².